The van der Waals surface area contributed by atoms with E-state index in [0.29, 0.717) is 24.7 Å². The van der Waals surface area contributed by atoms with Crippen LogP contribution in [0, 0.1) is 0 Å². The van der Waals surface area contributed by atoms with Gasteiger partial charge in [0.2, 0.25) is 0 Å². The third kappa shape index (κ3) is 5.76. The topological polar surface area (TPSA) is 41.5 Å². The molecule has 0 aliphatic heterocycles. The van der Waals surface area contributed by atoms with Gasteiger partial charge in [0.15, 0.2) is 0 Å². The van der Waals surface area contributed by atoms with Gasteiger partial charge in [-0.25, -0.2) is 0 Å². The molecule has 2 rings (SSSR count). The van der Waals surface area contributed by atoms with Crippen molar-refractivity contribution in [1.29, 1.82) is 0 Å². The van der Waals surface area contributed by atoms with Crippen LogP contribution in [0.15, 0.2) is 48.5 Å². The molecule has 0 amide bonds. The summed E-state index contributed by atoms with van der Waals surface area (Å²) in [5.74, 6) is 0.825. The van der Waals surface area contributed by atoms with Crippen LogP contribution in [0.2, 0.25) is 5.02 Å². The lowest BCUT2D eigenvalue weighted by Crippen LogP contribution is -2.23. The Bertz CT molecular complexity index is 572. The summed E-state index contributed by atoms with van der Waals surface area (Å²) in [6.07, 6.45) is -0.340. The normalized spacial score (nSPS) is 12.1. The molecule has 2 N–H and O–H groups in total. The van der Waals surface area contributed by atoms with Crippen LogP contribution in [-0.2, 0) is 13.2 Å². The van der Waals surface area contributed by atoms with Gasteiger partial charge in [0.25, 0.3) is 0 Å². The molecule has 0 bridgehead atoms. The highest BCUT2D eigenvalue weighted by Gasteiger charge is 2.00. The second-order valence-corrected chi connectivity index (χ2v) is 5.48. The number of halogens is 1. The van der Waals surface area contributed by atoms with Crippen LogP contribution < -0.4 is 10.1 Å². The minimum absolute atomic E-state index is 0.340. The van der Waals surface area contributed by atoms with Crippen LogP contribution in [0.5, 0.6) is 5.75 Å². The summed E-state index contributed by atoms with van der Waals surface area (Å²) in [7, 11) is 0. The minimum atomic E-state index is -0.340. The fourth-order valence-electron chi connectivity index (χ4n) is 1.96. The number of aliphatic hydroxyl groups excluding tert-OH is 1. The quantitative estimate of drug-likeness (QED) is 0.824. The van der Waals surface area contributed by atoms with E-state index in [1.807, 2.05) is 48.5 Å². The SMILES string of the molecule is C[C@H](O)CNCc1cccc(OCc2cccc(Cl)c2)c1. The lowest BCUT2D eigenvalue weighted by atomic mass is 10.2. The van der Waals surface area contributed by atoms with E-state index in [-0.39, 0.29) is 6.10 Å². The van der Waals surface area contributed by atoms with E-state index < -0.39 is 0 Å². The molecule has 0 radical (unpaired) electrons. The molecular formula is C17H20ClNO2. The summed E-state index contributed by atoms with van der Waals surface area (Å²) in [5, 5.41) is 13.1. The summed E-state index contributed by atoms with van der Waals surface area (Å²) >= 11 is 5.95. The first-order chi connectivity index (χ1) is 10.1. The van der Waals surface area contributed by atoms with Gasteiger partial charge < -0.3 is 15.2 Å². The number of benzene rings is 2. The van der Waals surface area contributed by atoms with Gasteiger partial charge in [-0.15, -0.1) is 0 Å². The molecule has 2 aromatic carbocycles. The van der Waals surface area contributed by atoms with Crippen LogP contribution in [-0.4, -0.2) is 17.8 Å². The molecule has 112 valence electrons. The van der Waals surface area contributed by atoms with E-state index in [0.717, 1.165) is 16.9 Å². The first-order valence-electron chi connectivity index (χ1n) is 6.98. The predicted molar refractivity (Wildman–Crippen MR) is 85.6 cm³/mol. The molecule has 21 heavy (non-hydrogen) atoms. The van der Waals surface area contributed by atoms with Gasteiger partial charge in [-0.05, 0) is 42.3 Å². The highest BCUT2D eigenvalue weighted by atomic mass is 35.5. The molecule has 0 saturated heterocycles. The highest BCUT2D eigenvalue weighted by Crippen LogP contribution is 2.17. The number of hydrogen-bond donors (Lipinski definition) is 2. The highest BCUT2D eigenvalue weighted by molar-refractivity contribution is 6.30. The second kappa shape index (κ2) is 8.03. The Kier molecular flexibility index (Phi) is 6.05. The average Bonchev–Trinajstić information content (AvgIpc) is 2.45. The summed E-state index contributed by atoms with van der Waals surface area (Å²) in [6.45, 7) is 3.54. The molecule has 4 heteroatoms. The van der Waals surface area contributed by atoms with E-state index in [1.54, 1.807) is 6.92 Å². The molecule has 0 spiro atoms. The van der Waals surface area contributed by atoms with Crippen LogP contribution in [0.3, 0.4) is 0 Å². The lowest BCUT2D eigenvalue weighted by molar-refractivity contribution is 0.191. The Balaban J connectivity index is 1.88. The van der Waals surface area contributed by atoms with Gasteiger partial charge in [-0.3, -0.25) is 0 Å². The van der Waals surface area contributed by atoms with Gasteiger partial charge in [0, 0.05) is 18.1 Å². The van der Waals surface area contributed by atoms with Crippen LogP contribution >= 0.6 is 11.6 Å². The number of aliphatic hydroxyl groups is 1. The van der Waals surface area contributed by atoms with Crippen molar-refractivity contribution in [2.45, 2.75) is 26.2 Å². The third-order valence-electron chi connectivity index (χ3n) is 2.96. The molecular weight excluding hydrogens is 286 g/mol. The molecule has 0 aliphatic rings. The Morgan fingerprint density at radius 2 is 1.90 bits per heavy atom. The number of rotatable bonds is 7. The minimum Gasteiger partial charge on any atom is -0.489 e. The molecule has 3 nitrogen and oxygen atoms in total. The van der Waals surface area contributed by atoms with E-state index in [1.165, 1.54) is 0 Å². The zero-order valence-electron chi connectivity index (χ0n) is 12.1. The fraction of sp³-hybridized carbons (Fsp3) is 0.294. The Morgan fingerprint density at radius 1 is 1.14 bits per heavy atom. The first-order valence-corrected chi connectivity index (χ1v) is 7.36. The van der Waals surface area contributed by atoms with Gasteiger partial charge in [0.05, 0.1) is 6.10 Å². The summed E-state index contributed by atoms with van der Waals surface area (Å²) in [4.78, 5) is 0. The van der Waals surface area contributed by atoms with Crippen molar-refractivity contribution in [2.75, 3.05) is 6.54 Å². The molecule has 2 aromatic rings. The van der Waals surface area contributed by atoms with Gasteiger partial charge in [-0.2, -0.15) is 0 Å². The maximum absolute atomic E-state index is 9.22. The molecule has 0 aromatic heterocycles. The molecule has 0 saturated carbocycles. The fourth-order valence-corrected chi connectivity index (χ4v) is 2.18. The Labute approximate surface area is 130 Å². The van der Waals surface area contributed by atoms with E-state index in [4.69, 9.17) is 16.3 Å². The van der Waals surface area contributed by atoms with Crippen LogP contribution in [0.1, 0.15) is 18.1 Å². The molecule has 0 fully saturated rings. The van der Waals surface area contributed by atoms with Crippen molar-refractivity contribution in [3.05, 3.63) is 64.7 Å². The monoisotopic (exact) mass is 305 g/mol. The third-order valence-corrected chi connectivity index (χ3v) is 3.20. The summed E-state index contributed by atoms with van der Waals surface area (Å²) in [5.41, 5.74) is 2.17. The van der Waals surface area contributed by atoms with Crippen LogP contribution in [0.4, 0.5) is 0 Å². The van der Waals surface area contributed by atoms with Crippen LogP contribution in [0.25, 0.3) is 0 Å². The van der Waals surface area contributed by atoms with Crippen molar-refractivity contribution < 1.29 is 9.84 Å². The smallest absolute Gasteiger partial charge is 0.120 e. The summed E-state index contributed by atoms with van der Waals surface area (Å²) < 4.78 is 5.78. The van der Waals surface area contributed by atoms with Crippen molar-refractivity contribution in [1.82, 2.24) is 5.32 Å². The van der Waals surface area contributed by atoms with Crippen molar-refractivity contribution in [3.63, 3.8) is 0 Å². The molecule has 1 atom stereocenters. The number of nitrogens with one attached hydrogen (secondary N) is 1. The zero-order valence-corrected chi connectivity index (χ0v) is 12.8. The standard InChI is InChI=1S/C17H20ClNO2/c1-13(20)10-19-11-14-4-3-7-17(9-14)21-12-15-5-2-6-16(18)8-15/h2-9,13,19-20H,10-12H2,1H3/t13-/m0/s1. The molecule has 0 unspecified atom stereocenters. The molecule has 0 heterocycles. The molecule has 0 aliphatic carbocycles. The maximum Gasteiger partial charge on any atom is 0.120 e. The first kappa shape index (κ1) is 15.8. The zero-order chi connectivity index (χ0) is 15.1. The Hall–Kier alpha value is -1.55. The number of ether oxygens (including phenoxy) is 1. The van der Waals surface area contributed by atoms with E-state index in [9.17, 15) is 5.11 Å². The van der Waals surface area contributed by atoms with E-state index >= 15 is 0 Å². The van der Waals surface area contributed by atoms with Crippen molar-refractivity contribution in [3.8, 4) is 5.75 Å². The summed E-state index contributed by atoms with van der Waals surface area (Å²) in [6, 6.07) is 15.6. The van der Waals surface area contributed by atoms with Gasteiger partial charge >= 0.3 is 0 Å². The largest absolute Gasteiger partial charge is 0.489 e. The second-order valence-electron chi connectivity index (χ2n) is 5.05. The Morgan fingerprint density at radius 3 is 2.67 bits per heavy atom. The van der Waals surface area contributed by atoms with Gasteiger partial charge in [-0.1, -0.05) is 35.9 Å². The lowest BCUT2D eigenvalue weighted by Gasteiger charge is -2.10. The number of hydrogen-bond acceptors (Lipinski definition) is 3. The van der Waals surface area contributed by atoms with Crippen molar-refractivity contribution in [2.24, 2.45) is 0 Å². The van der Waals surface area contributed by atoms with E-state index in [2.05, 4.69) is 5.32 Å². The predicted octanol–water partition coefficient (Wildman–Crippen LogP) is 3.39. The maximum atomic E-state index is 9.22. The van der Waals surface area contributed by atoms with Crippen molar-refractivity contribution >= 4 is 11.6 Å². The average molecular weight is 306 g/mol. The van der Waals surface area contributed by atoms with Gasteiger partial charge in [0.1, 0.15) is 12.4 Å².